The molecule has 0 bridgehead atoms. The molecule has 2 aromatic rings. The van der Waals surface area contributed by atoms with Crippen LogP contribution in [0.1, 0.15) is 23.1 Å². The minimum atomic E-state index is 0.216. The fraction of sp³-hybridized carbons (Fsp3) is 0.400. The van der Waals surface area contributed by atoms with E-state index < -0.39 is 0 Å². The molecule has 0 fully saturated rings. The first kappa shape index (κ1) is 15.2. The zero-order valence-electron chi connectivity index (χ0n) is 11.7. The molecular weight excluding hydrogens is 288 g/mol. The highest BCUT2D eigenvalue weighted by Crippen LogP contribution is 2.17. The van der Waals surface area contributed by atoms with Crippen molar-refractivity contribution in [1.29, 1.82) is 0 Å². The van der Waals surface area contributed by atoms with Gasteiger partial charge in [-0.05, 0) is 29.4 Å². The highest BCUT2D eigenvalue weighted by atomic mass is 32.1. The molecule has 0 aliphatic rings. The van der Waals surface area contributed by atoms with Crippen LogP contribution in [-0.2, 0) is 17.9 Å². The normalized spacial score (nSPS) is 10.7. The monoisotopic (exact) mass is 308 g/mol. The number of hydrogen-bond donors (Lipinski definition) is 1. The highest BCUT2D eigenvalue weighted by molar-refractivity contribution is 7.10. The molecule has 0 saturated heterocycles. The largest absolute Gasteiger partial charge is 0.332 e. The van der Waals surface area contributed by atoms with E-state index in [9.17, 15) is 4.79 Å². The number of rotatable bonds is 8. The Balaban J connectivity index is 1.97. The maximum Gasteiger partial charge on any atom is 0.224 e. The molecule has 20 heavy (non-hydrogen) atoms. The van der Waals surface area contributed by atoms with Gasteiger partial charge in [-0.1, -0.05) is 19.1 Å². The Labute approximate surface area is 128 Å². The summed E-state index contributed by atoms with van der Waals surface area (Å²) in [4.78, 5) is 16.8. The fourth-order valence-corrected chi connectivity index (χ4v) is 3.38. The fourth-order valence-electron chi connectivity index (χ4n) is 1.94. The number of hydrogen-bond acceptors (Lipinski definition) is 4. The second kappa shape index (κ2) is 8.19. The molecular formula is C15H20N2OS2. The average molecular weight is 308 g/mol. The van der Waals surface area contributed by atoms with E-state index in [4.69, 9.17) is 0 Å². The lowest BCUT2D eigenvalue weighted by Crippen LogP contribution is -2.32. The highest BCUT2D eigenvalue weighted by Gasteiger charge is 2.15. The third-order valence-corrected chi connectivity index (χ3v) is 4.69. The van der Waals surface area contributed by atoms with Crippen LogP contribution >= 0.6 is 22.7 Å². The van der Waals surface area contributed by atoms with Gasteiger partial charge in [-0.25, -0.2) is 0 Å². The van der Waals surface area contributed by atoms with Crippen LogP contribution in [0.3, 0.4) is 0 Å². The Morgan fingerprint density at radius 1 is 1.15 bits per heavy atom. The molecule has 0 aliphatic carbocycles. The van der Waals surface area contributed by atoms with Crippen LogP contribution in [-0.4, -0.2) is 23.9 Å². The molecule has 0 aliphatic heterocycles. The second-order valence-electron chi connectivity index (χ2n) is 4.51. The van der Waals surface area contributed by atoms with Crippen LogP contribution in [0.25, 0.3) is 0 Å². The van der Waals surface area contributed by atoms with E-state index in [1.807, 2.05) is 17.0 Å². The van der Waals surface area contributed by atoms with E-state index in [0.717, 1.165) is 13.1 Å². The van der Waals surface area contributed by atoms with E-state index in [1.54, 1.807) is 22.7 Å². The minimum absolute atomic E-state index is 0.216. The van der Waals surface area contributed by atoms with Crippen molar-refractivity contribution in [3.63, 3.8) is 0 Å². The maximum atomic E-state index is 12.4. The Bertz CT molecular complexity index is 458. The van der Waals surface area contributed by atoms with Gasteiger partial charge in [0.1, 0.15) is 0 Å². The van der Waals surface area contributed by atoms with Crippen LogP contribution in [0.2, 0.25) is 0 Å². The molecule has 0 unspecified atom stereocenters. The lowest BCUT2D eigenvalue weighted by molar-refractivity contribution is -0.132. The van der Waals surface area contributed by atoms with E-state index in [0.29, 0.717) is 19.5 Å². The Kier molecular flexibility index (Phi) is 6.24. The molecule has 2 aromatic heterocycles. The van der Waals surface area contributed by atoms with Gasteiger partial charge in [0.15, 0.2) is 0 Å². The molecule has 2 heterocycles. The SMILES string of the molecule is CCNCCC(=O)N(Cc1cccs1)Cc1cccs1. The molecule has 0 spiro atoms. The van der Waals surface area contributed by atoms with Gasteiger partial charge in [0.25, 0.3) is 0 Å². The summed E-state index contributed by atoms with van der Waals surface area (Å²) < 4.78 is 0. The summed E-state index contributed by atoms with van der Waals surface area (Å²) in [6.07, 6.45) is 0.560. The quantitative estimate of drug-likeness (QED) is 0.759. The topological polar surface area (TPSA) is 32.3 Å². The van der Waals surface area contributed by atoms with Gasteiger partial charge in [-0.2, -0.15) is 0 Å². The number of amides is 1. The number of carbonyl (C=O) groups excluding carboxylic acids is 1. The third-order valence-electron chi connectivity index (χ3n) is 2.97. The molecule has 1 N–H and O–H groups in total. The molecule has 108 valence electrons. The first-order chi connectivity index (χ1) is 9.79. The van der Waals surface area contributed by atoms with Crippen molar-refractivity contribution in [3.05, 3.63) is 44.8 Å². The number of carbonyl (C=O) groups is 1. The van der Waals surface area contributed by atoms with Crippen molar-refractivity contribution in [3.8, 4) is 0 Å². The molecule has 0 aromatic carbocycles. The molecule has 1 amide bonds. The summed E-state index contributed by atoms with van der Waals surface area (Å²) >= 11 is 3.41. The van der Waals surface area contributed by atoms with Crippen LogP contribution < -0.4 is 5.32 Å². The van der Waals surface area contributed by atoms with Crippen molar-refractivity contribution >= 4 is 28.6 Å². The summed E-state index contributed by atoms with van der Waals surface area (Å²) in [5, 5.41) is 7.32. The van der Waals surface area contributed by atoms with Crippen molar-refractivity contribution in [1.82, 2.24) is 10.2 Å². The van der Waals surface area contributed by atoms with Crippen LogP contribution in [0.5, 0.6) is 0 Å². The Morgan fingerprint density at radius 2 is 1.75 bits per heavy atom. The van der Waals surface area contributed by atoms with E-state index in [-0.39, 0.29) is 5.91 Å². The van der Waals surface area contributed by atoms with Gasteiger partial charge in [0.2, 0.25) is 5.91 Å². The summed E-state index contributed by atoms with van der Waals surface area (Å²) in [7, 11) is 0. The van der Waals surface area contributed by atoms with Crippen LogP contribution in [0.15, 0.2) is 35.0 Å². The van der Waals surface area contributed by atoms with E-state index >= 15 is 0 Å². The summed E-state index contributed by atoms with van der Waals surface area (Å²) in [5.74, 6) is 0.216. The molecule has 3 nitrogen and oxygen atoms in total. The summed E-state index contributed by atoms with van der Waals surface area (Å²) in [6, 6.07) is 8.24. The number of nitrogens with one attached hydrogen (secondary N) is 1. The Hall–Kier alpha value is -1.17. The first-order valence-electron chi connectivity index (χ1n) is 6.83. The molecule has 0 atom stereocenters. The molecule has 0 radical (unpaired) electrons. The van der Waals surface area contributed by atoms with Gasteiger partial charge in [0.05, 0.1) is 13.1 Å². The predicted molar refractivity (Wildman–Crippen MR) is 86.1 cm³/mol. The zero-order chi connectivity index (χ0) is 14.2. The predicted octanol–water partition coefficient (Wildman–Crippen LogP) is 3.34. The second-order valence-corrected chi connectivity index (χ2v) is 6.58. The lowest BCUT2D eigenvalue weighted by atomic mass is 10.3. The van der Waals surface area contributed by atoms with Gasteiger partial charge in [0, 0.05) is 22.7 Å². The van der Waals surface area contributed by atoms with Crippen molar-refractivity contribution in [2.45, 2.75) is 26.4 Å². The van der Waals surface area contributed by atoms with E-state index in [2.05, 4.69) is 35.1 Å². The number of thiophene rings is 2. The third kappa shape index (κ3) is 4.74. The van der Waals surface area contributed by atoms with Crippen LogP contribution in [0.4, 0.5) is 0 Å². The van der Waals surface area contributed by atoms with Crippen molar-refractivity contribution in [2.75, 3.05) is 13.1 Å². The van der Waals surface area contributed by atoms with Gasteiger partial charge in [-0.15, -0.1) is 22.7 Å². The summed E-state index contributed by atoms with van der Waals surface area (Å²) in [6.45, 7) is 5.13. The van der Waals surface area contributed by atoms with Gasteiger partial charge < -0.3 is 10.2 Å². The van der Waals surface area contributed by atoms with E-state index in [1.165, 1.54) is 9.75 Å². The lowest BCUT2D eigenvalue weighted by Gasteiger charge is -2.21. The molecule has 5 heteroatoms. The maximum absolute atomic E-state index is 12.4. The van der Waals surface area contributed by atoms with Crippen LogP contribution in [0, 0.1) is 0 Å². The zero-order valence-corrected chi connectivity index (χ0v) is 13.3. The standard InChI is InChI=1S/C15H20N2OS2/c1-2-16-8-7-15(18)17(11-13-5-3-9-19-13)12-14-6-4-10-20-14/h3-6,9-10,16H,2,7-8,11-12H2,1H3. The minimum Gasteiger partial charge on any atom is -0.332 e. The van der Waals surface area contributed by atoms with Crippen molar-refractivity contribution < 1.29 is 4.79 Å². The van der Waals surface area contributed by atoms with Gasteiger partial charge in [-0.3, -0.25) is 4.79 Å². The first-order valence-corrected chi connectivity index (χ1v) is 8.58. The smallest absolute Gasteiger partial charge is 0.224 e. The average Bonchev–Trinajstić information content (AvgIpc) is 3.11. The molecule has 0 saturated carbocycles. The Morgan fingerprint density at radius 3 is 2.20 bits per heavy atom. The number of nitrogens with zero attached hydrogens (tertiary/aromatic N) is 1. The molecule has 2 rings (SSSR count). The van der Waals surface area contributed by atoms with Crippen molar-refractivity contribution in [2.24, 2.45) is 0 Å². The van der Waals surface area contributed by atoms with Gasteiger partial charge >= 0.3 is 0 Å². The summed E-state index contributed by atoms with van der Waals surface area (Å²) in [5.41, 5.74) is 0.